The van der Waals surface area contributed by atoms with Crippen molar-refractivity contribution < 1.29 is 13.9 Å². The van der Waals surface area contributed by atoms with Crippen LogP contribution < -0.4 is 15.0 Å². The summed E-state index contributed by atoms with van der Waals surface area (Å²) in [6.45, 7) is 4.19. The standard InChI is InChI=1S/C28H28ClFN4O2/c1-2-25-27(34-16-11-20(29)17-26(34)32-25)28(35)31-18-19-3-7-22(8-4-19)33-14-12-24(13-15-33)36-23-9-5-21(30)6-10-23/h3-11,16-17,24H,2,12-15,18H2,1H3,(H,31,35). The van der Waals surface area contributed by atoms with Crippen molar-refractivity contribution in [2.45, 2.75) is 38.8 Å². The topological polar surface area (TPSA) is 58.9 Å². The van der Waals surface area contributed by atoms with E-state index in [2.05, 4.69) is 27.3 Å². The highest BCUT2D eigenvalue weighted by Gasteiger charge is 2.21. The van der Waals surface area contributed by atoms with Gasteiger partial charge in [0.15, 0.2) is 0 Å². The van der Waals surface area contributed by atoms with Gasteiger partial charge in [-0.1, -0.05) is 30.7 Å². The Labute approximate surface area is 214 Å². The van der Waals surface area contributed by atoms with Crippen molar-refractivity contribution in [2.75, 3.05) is 18.0 Å². The van der Waals surface area contributed by atoms with Gasteiger partial charge in [0.05, 0.1) is 5.69 Å². The third-order valence-corrected chi connectivity index (χ3v) is 6.76. The van der Waals surface area contributed by atoms with Gasteiger partial charge in [-0.2, -0.15) is 0 Å². The zero-order chi connectivity index (χ0) is 25.1. The van der Waals surface area contributed by atoms with E-state index in [-0.39, 0.29) is 17.8 Å². The number of fused-ring (bicyclic) bond motifs is 1. The number of nitrogens with zero attached hydrogens (tertiary/aromatic N) is 3. The average Bonchev–Trinajstić information content (AvgIpc) is 3.27. The van der Waals surface area contributed by atoms with Crippen molar-refractivity contribution in [3.63, 3.8) is 0 Å². The van der Waals surface area contributed by atoms with Crippen LogP contribution in [0.3, 0.4) is 0 Å². The lowest BCUT2D eigenvalue weighted by molar-refractivity contribution is 0.0944. The second-order valence-corrected chi connectivity index (χ2v) is 9.38. The molecular formula is C28H28ClFN4O2. The molecule has 0 unspecified atom stereocenters. The monoisotopic (exact) mass is 506 g/mol. The first-order valence-electron chi connectivity index (χ1n) is 12.2. The summed E-state index contributed by atoms with van der Waals surface area (Å²) < 4.78 is 20.9. The molecule has 1 N–H and O–H groups in total. The molecule has 2 aromatic heterocycles. The molecule has 1 aliphatic rings. The molecule has 1 aliphatic heterocycles. The number of anilines is 1. The van der Waals surface area contributed by atoms with Crippen LogP contribution in [0.1, 0.15) is 41.5 Å². The summed E-state index contributed by atoms with van der Waals surface area (Å²) in [5, 5.41) is 3.62. The molecule has 0 radical (unpaired) electrons. The smallest absolute Gasteiger partial charge is 0.270 e. The zero-order valence-electron chi connectivity index (χ0n) is 20.1. The number of ether oxygens (including phenoxy) is 1. The minimum absolute atomic E-state index is 0.130. The van der Waals surface area contributed by atoms with Gasteiger partial charge in [-0.3, -0.25) is 9.20 Å². The second kappa shape index (κ2) is 10.6. The fourth-order valence-electron chi connectivity index (χ4n) is 4.58. The first-order valence-corrected chi connectivity index (χ1v) is 12.6. The molecule has 1 saturated heterocycles. The van der Waals surface area contributed by atoms with Gasteiger partial charge < -0.3 is 15.0 Å². The van der Waals surface area contributed by atoms with Gasteiger partial charge in [-0.25, -0.2) is 9.37 Å². The van der Waals surface area contributed by atoms with Crippen molar-refractivity contribution >= 4 is 28.8 Å². The van der Waals surface area contributed by atoms with Gasteiger partial charge in [-0.15, -0.1) is 0 Å². The lowest BCUT2D eigenvalue weighted by atomic mass is 10.1. The number of carbonyl (C=O) groups is 1. The van der Waals surface area contributed by atoms with Crippen LogP contribution in [-0.4, -0.2) is 34.5 Å². The van der Waals surface area contributed by atoms with Crippen LogP contribution in [-0.2, 0) is 13.0 Å². The van der Waals surface area contributed by atoms with Crippen LogP contribution in [0.4, 0.5) is 10.1 Å². The highest BCUT2D eigenvalue weighted by atomic mass is 35.5. The first kappa shape index (κ1) is 24.1. The summed E-state index contributed by atoms with van der Waals surface area (Å²) in [5.41, 5.74) is 4.14. The minimum atomic E-state index is -0.258. The Kier molecular flexibility index (Phi) is 7.09. The number of pyridine rings is 1. The van der Waals surface area contributed by atoms with Crippen LogP contribution in [0, 0.1) is 5.82 Å². The van der Waals surface area contributed by atoms with Gasteiger partial charge >= 0.3 is 0 Å². The Bertz CT molecular complexity index is 1350. The van der Waals surface area contributed by atoms with Gasteiger partial charge in [0, 0.05) is 55.4 Å². The lowest BCUT2D eigenvalue weighted by Crippen LogP contribution is -2.38. The molecular weight excluding hydrogens is 479 g/mol. The molecule has 4 aromatic rings. The summed E-state index contributed by atoms with van der Waals surface area (Å²) >= 11 is 6.08. The number of nitrogens with one attached hydrogen (secondary N) is 1. The highest BCUT2D eigenvalue weighted by Crippen LogP contribution is 2.24. The Morgan fingerprint density at radius 1 is 1.11 bits per heavy atom. The van der Waals surface area contributed by atoms with Crippen molar-refractivity contribution in [1.82, 2.24) is 14.7 Å². The summed E-state index contributed by atoms with van der Waals surface area (Å²) in [4.78, 5) is 19.9. The van der Waals surface area contributed by atoms with Gasteiger partial charge in [0.25, 0.3) is 5.91 Å². The van der Waals surface area contributed by atoms with E-state index in [4.69, 9.17) is 16.3 Å². The normalized spacial score (nSPS) is 14.2. The lowest BCUT2D eigenvalue weighted by Gasteiger charge is -2.33. The molecule has 36 heavy (non-hydrogen) atoms. The SMILES string of the molecule is CCc1nc2cc(Cl)ccn2c1C(=O)NCc1ccc(N2CCC(Oc3ccc(F)cc3)CC2)cc1. The molecule has 6 nitrogen and oxygen atoms in total. The molecule has 1 fully saturated rings. The summed E-state index contributed by atoms with van der Waals surface area (Å²) in [6.07, 6.45) is 4.37. The number of rotatable bonds is 7. The van der Waals surface area contributed by atoms with Crippen molar-refractivity contribution in [3.05, 3.63) is 94.7 Å². The minimum Gasteiger partial charge on any atom is -0.490 e. The molecule has 0 bridgehead atoms. The average molecular weight is 507 g/mol. The van der Waals surface area contributed by atoms with E-state index in [1.165, 1.54) is 12.1 Å². The van der Waals surface area contributed by atoms with Crippen LogP contribution in [0.15, 0.2) is 66.9 Å². The maximum absolute atomic E-state index is 13.1. The molecule has 1 amide bonds. The maximum atomic E-state index is 13.1. The van der Waals surface area contributed by atoms with E-state index in [0.717, 1.165) is 42.9 Å². The number of aryl methyl sites for hydroxylation is 1. The molecule has 0 atom stereocenters. The van der Waals surface area contributed by atoms with E-state index in [1.54, 1.807) is 34.9 Å². The van der Waals surface area contributed by atoms with Crippen LogP contribution in [0.2, 0.25) is 5.02 Å². The number of piperidine rings is 1. The molecule has 186 valence electrons. The number of halogens is 2. The Hall–Kier alpha value is -3.58. The molecule has 3 heterocycles. The molecule has 5 rings (SSSR count). The number of hydrogen-bond acceptors (Lipinski definition) is 4. The summed E-state index contributed by atoms with van der Waals surface area (Å²) in [5.74, 6) is 0.292. The van der Waals surface area contributed by atoms with E-state index < -0.39 is 0 Å². The van der Waals surface area contributed by atoms with E-state index >= 15 is 0 Å². The number of carbonyl (C=O) groups excluding carboxylic acids is 1. The largest absolute Gasteiger partial charge is 0.490 e. The van der Waals surface area contributed by atoms with Gasteiger partial charge in [0.1, 0.15) is 29.0 Å². The molecule has 2 aromatic carbocycles. The fraction of sp³-hybridized carbons (Fsp3) is 0.286. The van der Waals surface area contributed by atoms with Crippen LogP contribution in [0.25, 0.3) is 5.65 Å². The van der Waals surface area contributed by atoms with Crippen molar-refractivity contribution in [1.29, 1.82) is 0 Å². The van der Waals surface area contributed by atoms with E-state index in [0.29, 0.717) is 35.1 Å². The molecule has 0 saturated carbocycles. The maximum Gasteiger partial charge on any atom is 0.270 e. The fourth-order valence-corrected chi connectivity index (χ4v) is 4.74. The predicted octanol–water partition coefficient (Wildman–Crippen LogP) is 5.67. The predicted molar refractivity (Wildman–Crippen MR) is 139 cm³/mol. The Balaban J connectivity index is 1.16. The quantitative estimate of drug-likeness (QED) is 0.351. The number of amides is 1. The first-order chi connectivity index (χ1) is 17.5. The summed E-state index contributed by atoms with van der Waals surface area (Å²) in [6, 6.07) is 18.0. The Morgan fingerprint density at radius 2 is 1.83 bits per heavy atom. The van der Waals surface area contributed by atoms with E-state index in [9.17, 15) is 9.18 Å². The van der Waals surface area contributed by atoms with Gasteiger partial charge in [-0.05, 0) is 54.4 Å². The third-order valence-electron chi connectivity index (χ3n) is 6.52. The third kappa shape index (κ3) is 5.31. The zero-order valence-corrected chi connectivity index (χ0v) is 20.8. The molecule has 0 spiro atoms. The van der Waals surface area contributed by atoms with Gasteiger partial charge in [0.2, 0.25) is 0 Å². The van der Waals surface area contributed by atoms with Crippen molar-refractivity contribution in [2.24, 2.45) is 0 Å². The number of aromatic nitrogens is 2. The Morgan fingerprint density at radius 3 is 2.53 bits per heavy atom. The number of benzene rings is 2. The molecule has 0 aliphatic carbocycles. The second-order valence-electron chi connectivity index (χ2n) is 8.94. The molecule has 8 heteroatoms. The van der Waals surface area contributed by atoms with E-state index in [1.807, 2.05) is 19.1 Å². The van der Waals surface area contributed by atoms with Crippen molar-refractivity contribution in [3.8, 4) is 5.75 Å². The van der Waals surface area contributed by atoms with Crippen LogP contribution >= 0.6 is 11.6 Å². The number of hydrogen-bond donors (Lipinski definition) is 1. The van der Waals surface area contributed by atoms with Crippen LogP contribution in [0.5, 0.6) is 5.75 Å². The summed E-state index contributed by atoms with van der Waals surface area (Å²) in [7, 11) is 0. The highest BCUT2D eigenvalue weighted by molar-refractivity contribution is 6.30. The number of imidazole rings is 1.